The molecule has 16 heavy (non-hydrogen) atoms. The molecule has 0 aromatic carbocycles. The first-order chi connectivity index (χ1) is 7.90. The number of hydrogen-bond acceptors (Lipinski definition) is 3. The van der Waals surface area contributed by atoms with E-state index in [1.54, 1.807) is 0 Å². The van der Waals surface area contributed by atoms with Gasteiger partial charge in [0.05, 0.1) is 10.7 Å². The van der Waals surface area contributed by atoms with Gasteiger partial charge in [0.1, 0.15) is 0 Å². The molecule has 3 heteroatoms. The van der Waals surface area contributed by atoms with Gasteiger partial charge in [-0.3, -0.25) is 0 Å². The van der Waals surface area contributed by atoms with Gasteiger partial charge in [-0.2, -0.15) is 0 Å². The van der Waals surface area contributed by atoms with Crippen LogP contribution in [0.15, 0.2) is 0 Å². The topological polar surface area (TPSA) is 24.9 Å². The van der Waals surface area contributed by atoms with Gasteiger partial charge in [-0.05, 0) is 31.1 Å². The van der Waals surface area contributed by atoms with E-state index in [2.05, 4.69) is 5.32 Å². The molecular weight excluding hydrogens is 216 g/mol. The molecule has 4 rings (SSSR count). The van der Waals surface area contributed by atoms with Crippen LogP contribution in [0.4, 0.5) is 0 Å². The Morgan fingerprint density at radius 2 is 2.25 bits per heavy atom. The fourth-order valence-corrected chi connectivity index (χ4v) is 5.14. The van der Waals surface area contributed by atoms with E-state index in [4.69, 9.17) is 4.98 Å². The maximum absolute atomic E-state index is 4.93. The fourth-order valence-electron chi connectivity index (χ4n) is 3.85. The van der Waals surface area contributed by atoms with E-state index in [0.29, 0.717) is 0 Å². The number of aromatic nitrogens is 1. The summed E-state index contributed by atoms with van der Waals surface area (Å²) in [5, 5.41) is 4.92. The number of fused-ring (bicyclic) bond motifs is 3. The molecule has 2 heterocycles. The average molecular weight is 234 g/mol. The minimum Gasteiger partial charge on any atom is -0.311 e. The van der Waals surface area contributed by atoms with E-state index in [1.807, 2.05) is 11.3 Å². The lowest BCUT2D eigenvalue weighted by Gasteiger charge is -2.18. The molecule has 86 valence electrons. The van der Waals surface area contributed by atoms with Crippen molar-refractivity contribution in [1.82, 2.24) is 10.3 Å². The molecule has 1 aromatic heterocycles. The van der Waals surface area contributed by atoms with E-state index in [-0.39, 0.29) is 0 Å². The Balaban J connectivity index is 1.65. The van der Waals surface area contributed by atoms with Crippen molar-refractivity contribution in [2.24, 2.45) is 11.8 Å². The Morgan fingerprint density at radius 3 is 3.00 bits per heavy atom. The van der Waals surface area contributed by atoms with Gasteiger partial charge in [-0.15, -0.1) is 11.3 Å². The second-order valence-electron chi connectivity index (χ2n) is 5.63. The molecule has 2 nitrogen and oxygen atoms in total. The van der Waals surface area contributed by atoms with E-state index >= 15 is 0 Å². The van der Waals surface area contributed by atoms with Gasteiger partial charge in [0.2, 0.25) is 0 Å². The zero-order chi connectivity index (χ0) is 10.5. The Kier molecular flexibility index (Phi) is 2.12. The van der Waals surface area contributed by atoms with Crippen LogP contribution in [0.3, 0.4) is 0 Å². The third kappa shape index (κ3) is 1.37. The summed E-state index contributed by atoms with van der Waals surface area (Å²) in [6, 6.07) is 0. The predicted molar refractivity (Wildman–Crippen MR) is 65.7 cm³/mol. The molecule has 0 spiro atoms. The zero-order valence-electron chi connectivity index (χ0n) is 9.54. The summed E-state index contributed by atoms with van der Waals surface area (Å²) in [4.78, 5) is 6.45. The highest BCUT2D eigenvalue weighted by molar-refractivity contribution is 7.11. The van der Waals surface area contributed by atoms with E-state index < -0.39 is 0 Å². The van der Waals surface area contributed by atoms with Crippen LogP contribution in [0.5, 0.6) is 0 Å². The molecule has 1 N–H and O–H groups in total. The van der Waals surface area contributed by atoms with Crippen LogP contribution >= 0.6 is 11.3 Å². The van der Waals surface area contributed by atoms with Gasteiger partial charge in [0, 0.05) is 30.3 Å². The molecule has 0 radical (unpaired) electrons. The highest BCUT2D eigenvalue weighted by atomic mass is 32.1. The van der Waals surface area contributed by atoms with Crippen LogP contribution in [0, 0.1) is 11.8 Å². The zero-order valence-corrected chi connectivity index (χ0v) is 10.4. The Bertz CT molecular complexity index is 389. The molecule has 2 aliphatic carbocycles. The molecule has 0 amide bonds. The number of rotatable bonds is 1. The van der Waals surface area contributed by atoms with Gasteiger partial charge >= 0.3 is 0 Å². The minimum absolute atomic E-state index is 0.828. The Hall–Kier alpha value is -0.410. The van der Waals surface area contributed by atoms with Crippen LogP contribution in [0.1, 0.15) is 47.2 Å². The first-order valence-electron chi connectivity index (χ1n) is 6.59. The summed E-state index contributed by atoms with van der Waals surface area (Å²) in [6.07, 6.45) is 7.04. The second kappa shape index (κ2) is 3.54. The predicted octanol–water partition coefficient (Wildman–Crippen LogP) is 2.69. The van der Waals surface area contributed by atoms with E-state index in [9.17, 15) is 0 Å². The molecule has 1 aromatic rings. The number of nitrogens with zero attached hydrogens (tertiary/aromatic N) is 1. The molecule has 2 saturated carbocycles. The van der Waals surface area contributed by atoms with E-state index in [1.165, 1.54) is 41.3 Å². The molecule has 3 unspecified atom stereocenters. The van der Waals surface area contributed by atoms with Crippen molar-refractivity contribution in [2.45, 2.75) is 44.6 Å². The molecule has 3 atom stereocenters. The van der Waals surface area contributed by atoms with Crippen molar-refractivity contribution in [3.8, 4) is 0 Å². The third-order valence-electron chi connectivity index (χ3n) is 4.67. The highest BCUT2D eigenvalue weighted by Crippen LogP contribution is 2.53. The maximum Gasteiger partial charge on any atom is 0.0965 e. The lowest BCUT2D eigenvalue weighted by atomic mass is 9.89. The first kappa shape index (κ1) is 9.60. The summed E-state index contributed by atoms with van der Waals surface area (Å²) in [7, 11) is 0. The molecule has 3 aliphatic rings. The largest absolute Gasteiger partial charge is 0.311 e. The Labute approximate surface area is 100 Å². The van der Waals surface area contributed by atoms with Gasteiger partial charge < -0.3 is 5.32 Å². The van der Waals surface area contributed by atoms with Crippen molar-refractivity contribution in [1.29, 1.82) is 0 Å². The van der Waals surface area contributed by atoms with Gasteiger partial charge in [0.15, 0.2) is 0 Å². The monoisotopic (exact) mass is 234 g/mol. The van der Waals surface area contributed by atoms with Crippen LogP contribution < -0.4 is 5.32 Å². The minimum atomic E-state index is 0.828. The fraction of sp³-hybridized carbons (Fsp3) is 0.769. The van der Waals surface area contributed by atoms with E-state index in [0.717, 1.165) is 37.3 Å². The van der Waals surface area contributed by atoms with Gasteiger partial charge in [0.25, 0.3) is 0 Å². The van der Waals surface area contributed by atoms with Gasteiger partial charge in [-0.25, -0.2) is 4.98 Å². The molecule has 1 aliphatic heterocycles. The van der Waals surface area contributed by atoms with Crippen LogP contribution in [0.25, 0.3) is 0 Å². The quantitative estimate of drug-likeness (QED) is 0.808. The lowest BCUT2D eigenvalue weighted by Crippen LogP contribution is -2.22. The normalized spacial score (nSPS) is 36.6. The van der Waals surface area contributed by atoms with Crippen molar-refractivity contribution in [3.63, 3.8) is 0 Å². The number of nitrogens with one attached hydrogen (secondary N) is 1. The van der Waals surface area contributed by atoms with Crippen molar-refractivity contribution < 1.29 is 0 Å². The second-order valence-corrected chi connectivity index (χ2v) is 6.75. The Morgan fingerprint density at radius 1 is 1.25 bits per heavy atom. The van der Waals surface area contributed by atoms with Gasteiger partial charge in [-0.1, -0.05) is 6.42 Å². The summed E-state index contributed by atoms with van der Waals surface area (Å²) in [5.41, 5.74) is 1.40. The standard InChI is InChI=1S/C13H18N2S/c1-2-9-5-8(1)6-10(9)13-15-11-3-4-14-7-12(11)16-13/h8-10,14H,1-7H2. The van der Waals surface area contributed by atoms with Crippen LogP contribution in [-0.2, 0) is 13.0 Å². The SMILES string of the molecule is C1Cc2nc(C3CC4CCC3C4)sc2CN1. The number of hydrogen-bond donors (Lipinski definition) is 1. The summed E-state index contributed by atoms with van der Waals surface area (Å²) in [6.45, 7) is 2.18. The molecule has 0 saturated heterocycles. The molecule has 2 fully saturated rings. The smallest absolute Gasteiger partial charge is 0.0965 e. The first-order valence-corrected chi connectivity index (χ1v) is 7.41. The maximum atomic E-state index is 4.93. The highest BCUT2D eigenvalue weighted by Gasteiger charge is 2.41. The molecular formula is C13H18N2S. The summed E-state index contributed by atoms with van der Waals surface area (Å²) in [5.74, 6) is 2.84. The molecule has 2 bridgehead atoms. The third-order valence-corrected chi connectivity index (χ3v) is 5.90. The average Bonchev–Trinajstić information content (AvgIpc) is 3.02. The lowest BCUT2D eigenvalue weighted by molar-refractivity contribution is 0.418. The van der Waals surface area contributed by atoms with Crippen molar-refractivity contribution >= 4 is 11.3 Å². The van der Waals surface area contributed by atoms with Crippen LogP contribution in [-0.4, -0.2) is 11.5 Å². The van der Waals surface area contributed by atoms with Crippen LogP contribution in [0.2, 0.25) is 0 Å². The summed E-state index contributed by atoms with van der Waals surface area (Å²) >= 11 is 2.00. The van der Waals surface area contributed by atoms with Crippen molar-refractivity contribution in [3.05, 3.63) is 15.6 Å². The van der Waals surface area contributed by atoms with Crippen molar-refractivity contribution in [2.75, 3.05) is 6.54 Å². The number of thiazole rings is 1. The summed E-state index contributed by atoms with van der Waals surface area (Å²) < 4.78 is 0.